The first-order valence-electron chi connectivity index (χ1n) is 5.59. The van der Waals surface area contributed by atoms with Gasteiger partial charge in [-0.25, -0.2) is 8.42 Å². The molecule has 0 atom stereocenters. The summed E-state index contributed by atoms with van der Waals surface area (Å²) in [7, 11) is -1.76. The number of hydrogen-bond acceptors (Lipinski definition) is 3. The van der Waals surface area contributed by atoms with Gasteiger partial charge in [-0.2, -0.15) is 4.31 Å². The lowest BCUT2D eigenvalue weighted by atomic mass is 10.2. The largest absolute Gasteiger partial charge is 0.244 e. The highest BCUT2D eigenvalue weighted by Crippen LogP contribution is 2.27. The quantitative estimate of drug-likeness (QED) is 0.755. The van der Waals surface area contributed by atoms with Crippen LogP contribution in [-0.2, 0) is 15.9 Å². The van der Waals surface area contributed by atoms with Crippen molar-refractivity contribution in [2.75, 3.05) is 7.05 Å². The minimum atomic E-state index is -3.40. The third-order valence-corrected chi connectivity index (χ3v) is 6.41. The lowest BCUT2D eigenvalue weighted by Gasteiger charge is -2.25. The van der Waals surface area contributed by atoms with Crippen molar-refractivity contribution in [3.8, 4) is 0 Å². The Kier molecular flexibility index (Phi) is 5.44. The fraction of sp³-hybridized carbons (Fsp3) is 0.636. The fourth-order valence-corrected chi connectivity index (χ4v) is 4.99. The van der Waals surface area contributed by atoms with Gasteiger partial charge >= 0.3 is 0 Å². The van der Waals surface area contributed by atoms with Crippen molar-refractivity contribution in [3.63, 3.8) is 0 Å². The fourth-order valence-electron chi connectivity index (χ4n) is 1.81. The van der Waals surface area contributed by atoms with Gasteiger partial charge in [0.2, 0.25) is 10.0 Å². The van der Waals surface area contributed by atoms with Crippen LogP contribution in [0.2, 0.25) is 0 Å². The first-order valence-corrected chi connectivity index (χ1v) is 8.44. The van der Waals surface area contributed by atoms with E-state index in [1.165, 1.54) is 15.6 Å². The Bertz CT molecular complexity index is 452. The van der Waals surface area contributed by atoms with E-state index in [1.807, 2.05) is 13.8 Å². The zero-order valence-corrected chi connectivity index (χ0v) is 12.7. The SMILES string of the molecule is CCC(CC)N(C)S(=O)(=O)c1ccsc1CCl. The third-order valence-electron chi connectivity index (χ3n) is 2.94. The minimum absolute atomic E-state index is 0.0445. The first-order chi connectivity index (χ1) is 7.98. The third kappa shape index (κ3) is 3.02. The predicted octanol–water partition coefficient (Wildman–Crippen LogP) is 3.30. The van der Waals surface area contributed by atoms with Gasteiger partial charge in [0.15, 0.2) is 0 Å². The van der Waals surface area contributed by atoms with Crippen LogP contribution in [0.5, 0.6) is 0 Å². The molecular weight excluding hydrogens is 278 g/mol. The average molecular weight is 296 g/mol. The van der Waals surface area contributed by atoms with Crippen LogP contribution >= 0.6 is 22.9 Å². The van der Waals surface area contributed by atoms with Crippen LogP contribution < -0.4 is 0 Å². The molecule has 0 fully saturated rings. The maximum Gasteiger partial charge on any atom is 0.244 e. The molecule has 0 radical (unpaired) electrons. The van der Waals surface area contributed by atoms with E-state index in [2.05, 4.69) is 0 Å². The highest BCUT2D eigenvalue weighted by Gasteiger charge is 2.28. The van der Waals surface area contributed by atoms with Crippen LogP contribution in [-0.4, -0.2) is 25.8 Å². The van der Waals surface area contributed by atoms with Crippen molar-refractivity contribution in [3.05, 3.63) is 16.3 Å². The highest BCUT2D eigenvalue weighted by atomic mass is 35.5. The van der Waals surface area contributed by atoms with Gasteiger partial charge in [0.25, 0.3) is 0 Å². The molecule has 0 bridgehead atoms. The number of nitrogens with zero attached hydrogens (tertiary/aromatic N) is 1. The van der Waals surface area contributed by atoms with Crippen LogP contribution in [0.1, 0.15) is 31.6 Å². The van der Waals surface area contributed by atoms with E-state index in [0.29, 0.717) is 9.77 Å². The van der Waals surface area contributed by atoms with Crippen molar-refractivity contribution in [2.45, 2.75) is 43.5 Å². The van der Waals surface area contributed by atoms with Gasteiger partial charge in [0, 0.05) is 18.0 Å². The Labute approximate surface area is 112 Å². The first kappa shape index (κ1) is 15.0. The normalized spacial score (nSPS) is 12.6. The molecule has 0 saturated heterocycles. The number of halogens is 1. The molecule has 0 saturated carbocycles. The molecular formula is C11H18ClNO2S2. The van der Waals surface area contributed by atoms with Crippen LogP contribution in [0.25, 0.3) is 0 Å². The van der Waals surface area contributed by atoms with Crippen LogP contribution in [0.15, 0.2) is 16.3 Å². The molecule has 0 N–H and O–H groups in total. The summed E-state index contributed by atoms with van der Waals surface area (Å²) >= 11 is 7.14. The zero-order valence-electron chi connectivity index (χ0n) is 10.3. The number of sulfonamides is 1. The maximum absolute atomic E-state index is 12.4. The van der Waals surface area contributed by atoms with E-state index >= 15 is 0 Å². The molecule has 0 aliphatic carbocycles. The van der Waals surface area contributed by atoms with Crippen molar-refractivity contribution in [2.24, 2.45) is 0 Å². The van der Waals surface area contributed by atoms with Gasteiger partial charge in [0.1, 0.15) is 0 Å². The molecule has 98 valence electrons. The summed E-state index contributed by atoms with van der Waals surface area (Å²) in [6.45, 7) is 3.99. The van der Waals surface area contributed by atoms with Gasteiger partial charge in [-0.15, -0.1) is 22.9 Å². The molecule has 0 aromatic carbocycles. The number of alkyl halides is 1. The summed E-state index contributed by atoms with van der Waals surface area (Å²) in [4.78, 5) is 1.07. The van der Waals surface area contributed by atoms with E-state index in [0.717, 1.165) is 12.8 Å². The van der Waals surface area contributed by atoms with Crippen molar-refractivity contribution in [1.82, 2.24) is 4.31 Å². The van der Waals surface area contributed by atoms with Gasteiger partial charge in [-0.1, -0.05) is 13.8 Å². The number of thiophene rings is 1. The van der Waals surface area contributed by atoms with Gasteiger partial charge in [0.05, 0.1) is 10.8 Å². The summed E-state index contributed by atoms with van der Waals surface area (Å²) in [6.07, 6.45) is 1.62. The summed E-state index contributed by atoms with van der Waals surface area (Å²) in [6, 6.07) is 1.68. The summed E-state index contributed by atoms with van der Waals surface area (Å²) < 4.78 is 26.3. The van der Waals surface area contributed by atoms with Crippen molar-refractivity contribution >= 4 is 33.0 Å². The molecule has 6 heteroatoms. The molecule has 1 aromatic rings. The lowest BCUT2D eigenvalue weighted by Crippen LogP contribution is -2.36. The lowest BCUT2D eigenvalue weighted by molar-refractivity contribution is 0.349. The van der Waals surface area contributed by atoms with Gasteiger partial charge in [-0.3, -0.25) is 0 Å². The zero-order chi connectivity index (χ0) is 13.1. The summed E-state index contributed by atoms with van der Waals surface area (Å²) in [5.74, 6) is 0.239. The maximum atomic E-state index is 12.4. The van der Waals surface area contributed by atoms with E-state index in [4.69, 9.17) is 11.6 Å². The average Bonchev–Trinajstić information content (AvgIpc) is 2.79. The van der Waals surface area contributed by atoms with Crippen LogP contribution in [0.3, 0.4) is 0 Å². The Morgan fingerprint density at radius 2 is 2.00 bits per heavy atom. The topological polar surface area (TPSA) is 37.4 Å². The van der Waals surface area contributed by atoms with Crippen molar-refractivity contribution in [1.29, 1.82) is 0 Å². The Balaban J connectivity index is 3.11. The molecule has 3 nitrogen and oxygen atoms in total. The second-order valence-corrected chi connectivity index (χ2v) is 7.07. The Morgan fingerprint density at radius 3 is 2.47 bits per heavy atom. The molecule has 0 aliphatic rings. The standard InChI is InChI=1S/C11H18ClNO2S2/c1-4-9(5-2)13(3)17(14,15)11-6-7-16-10(11)8-12/h6-7,9H,4-5,8H2,1-3H3. The smallest absolute Gasteiger partial charge is 0.207 e. The Morgan fingerprint density at radius 1 is 1.41 bits per heavy atom. The second kappa shape index (κ2) is 6.18. The number of rotatable bonds is 6. The van der Waals surface area contributed by atoms with Crippen molar-refractivity contribution < 1.29 is 8.42 Å². The molecule has 0 amide bonds. The van der Waals surface area contributed by atoms with Gasteiger partial charge < -0.3 is 0 Å². The molecule has 1 heterocycles. The summed E-state index contributed by atoms with van der Waals surface area (Å²) in [5.41, 5.74) is 0. The van der Waals surface area contributed by atoms with Gasteiger partial charge in [-0.05, 0) is 24.3 Å². The molecule has 1 aromatic heterocycles. The molecule has 0 aliphatic heterocycles. The van der Waals surface area contributed by atoms with Crippen LogP contribution in [0.4, 0.5) is 0 Å². The molecule has 17 heavy (non-hydrogen) atoms. The molecule has 1 rings (SSSR count). The summed E-state index contributed by atoms with van der Waals surface area (Å²) in [5, 5.41) is 1.77. The highest BCUT2D eigenvalue weighted by molar-refractivity contribution is 7.89. The monoisotopic (exact) mass is 295 g/mol. The predicted molar refractivity (Wildman–Crippen MR) is 73.2 cm³/mol. The number of hydrogen-bond donors (Lipinski definition) is 0. The van der Waals surface area contributed by atoms with E-state index in [1.54, 1.807) is 18.5 Å². The Hall–Kier alpha value is -0.100. The van der Waals surface area contributed by atoms with Crippen LogP contribution in [0, 0.1) is 0 Å². The second-order valence-electron chi connectivity index (χ2n) is 3.83. The van der Waals surface area contributed by atoms with E-state index < -0.39 is 10.0 Å². The van der Waals surface area contributed by atoms with E-state index in [-0.39, 0.29) is 11.9 Å². The minimum Gasteiger partial charge on any atom is -0.207 e. The van der Waals surface area contributed by atoms with E-state index in [9.17, 15) is 8.42 Å². The molecule has 0 spiro atoms. The molecule has 0 unspecified atom stereocenters.